The number of carbonyl (C=O) groups excluding carboxylic acids is 1. The van der Waals surface area contributed by atoms with Gasteiger partial charge in [0.25, 0.3) is 0 Å². The van der Waals surface area contributed by atoms with E-state index in [0.717, 1.165) is 38.0 Å². The van der Waals surface area contributed by atoms with Gasteiger partial charge in [0.15, 0.2) is 0 Å². The van der Waals surface area contributed by atoms with Crippen molar-refractivity contribution in [3.05, 3.63) is 0 Å². The smallest absolute Gasteiger partial charge is 0.143 e. The van der Waals surface area contributed by atoms with Crippen LogP contribution in [0.25, 0.3) is 0 Å². The number of carbonyl (C=O) groups is 1. The van der Waals surface area contributed by atoms with Crippen molar-refractivity contribution in [2.75, 3.05) is 0 Å². The van der Waals surface area contributed by atoms with Crippen LogP contribution in [-0.4, -0.2) is 11.8 Å². The minimum absolute atomic E-state index is 0.108. The van der Waals surface area contributed by atoms with Crippen LogP contribution < -0.4 is 5.73 Å². The average molecular weight is 237 g/mol. The lowest BCUT2D eigenvalue weighted by Gasteiger charge is -2.35. The van der Waals surface area contributed by atoms with Gasteiger partial charge in [-0.1, -0.05) is 39.5 Å². The van der Waals surface area contributed by atoms with E-state index in [9.17, 15) is 4.79 Å². The number of rotatable bonds is 3. The third-order valence-corrected chi connectivity index (χ3v) is 5.32. The van der Waals surface area contributed by atoms with Crippen molar-refractivity contribution in [2.24, 2.45) is 23.0 Å². The summed E-state index contributed by atoms with van der Waals surface area (Å²) in [7, 11) is 0. The largest absolute Gasteiger partial charge is 0.327 e. The SMILES string of the molecule is CCC1CCCC(C(=O)C2(C)CCCC2N)C1. The highest BCUT2D eigenvalue weighted by Crippen LogP contribution is 2.43. The first-order chi connectivity index (χ1) is 8.08. The molecule has 0 heterocycles. The topological polar surface area (TPSA) is 43.1 Å². The van der Waals surface area contributed by atoms with E-state index >= 15 is 0 Å². The number of hydrogen-bond acceptors (Lipinski definition) is 2. The second-order valence-corrected chi connectivity index (χ2v) is 6.42. The minimum atomic E-state index is -0.208. The molecule has 0 saturated heterocycles. The second-order valence-electron chi connectivity index (χ2n) is 6.42. The molecule has 0 aromatic rings. The van der Waals surface area contributed by atoms with Crippen molar-refractivity contribution in [1.29, 1.82) is 0 Å². The van der Waals surface area contributed by atoms with E-state index in [2.05, 4.69) is 13.8 Å². The van der Waals surface area contributed by atoms with E-state index in [1.54, 1.807) is 0 Å². The maximum absolute atomic E-state index is 12.7. The van der Waals surface area contributed by atoms with Crippen LogP contribution in [-0.2, 0) is 4.79 Å². The molecule has 0 aromatic heterocycles. The maximum atomic E-state index is 12.7. The molecule has 2 rings (SSSR count). The van der Waals surface area contributed by atoms with Crippen molar-refractivity contribution in [2.45, 2.75) is 71.3 Å². The Bertz CT molecular complexity index is 289. The van der Waals surface area contributed by atoms with E-state index < -0.39 is 0 Å². The van der Waals surface area contributed by atoms with Crippen LogP contribution in [0, 0.1) is 17.3 Å². The number of nitrogens with two attached hydrogens (primary N) is 1. The number of Topliss-reactive ketones (excluding diaryl/α,β-unsaturated/α-hetero) is 1. The lowest BCUT2D eigenvalue weighted by atomic mass is 9.69. The molecule has 4 unspecified atom stereocenters. The molecule has 0 aliphatic heterocycles. The molecule has 98 valence electrons. The third-order valence-electron chi connectivity index (χ3n) is 5.32. The highest BCUT2D eigenvalue weighted by molar-refractivity contribution is 5.87. The van der Waals surface area contributed by atoms with Gasteiger partial charge < -0.3 is 5.73 Å². The predicted octanol–water partition coefficient (Wildman–Crippen LogP) is 3.29. The van der Waals surface area contributed by atoms with E-state index in [0.29, 0.717) is 11.7 Å². The molecule has 2 aliphatic rings. The highest BCUT2D eigenvalue weighted by atomic mass is 16.1. The highest BCUT2D eigenvalue weighted by Gasteiger charge is 2.45. The van der Waals surface area contributed by atoms with Gasteiger partial charge in [0.2, 0.25) is 0 Å². The van der Waals surface area contributed by atoms with Gasteiger partial charge in [-0.15, -0.1) is 0 Å². The fraction of sp³-hybridized carbons (Fsp3) is 0.933. The standard InChI is InChI=1S/C15H27NO/c1-3-11-6-4-7-12(10-11)14(17)15(2)9-5-8-13(15)16/h11-13H,3-10,16H2,1-2H3. The molecular formula is C15H27NO. The summed E-state index contributed by atoms with van der Waals surface area (Å²) in [6.45, 7) is 4.36. The molecule has 0 radical (unpaired) electrons. The van der Waals surface area contributed by atoms with Crippen LogP contribution in [0.15, 0.2) is 0 Å². The number of ketones is 1. The zero-order valence-electron chi connectivity index (χ0n) is 11.4. The van der Waals surface area contributed by atoms with E-state index in [-0.39, 0.29) is 11.5 Å². The van der Waals surface area contributed by atoms with Gasteiger partial charge in [-0.2, -0.15) is 0 Å². The van der Waals surface area contributed by atoms with Gasteiger partial charge in [0.1, 0.15) is 5.78 Å². The first-order valence-electron chi connectivity index (χ1n) is 7.37. The lowest BCUT2D eigenvalue weighted by molar-refractivity contribution is -0.134. The summed E-state index contributed by atoms with van der Waals surface area (Å²) in [4.78, 5) is 12.7. The number of hydrogen-bond donors (Lipinski definition) is 1. The molecule has 2 fully saturated rings. The lowest BCUT2D eigenvalue weighted by Crippen LogP contribution is -2.45. The van der Waals surface area contributed by atoms with Gasteiger partial charge >= 0.3 is 0 Å². The first-order valence-corrected chi connectivity index (χ1v) is 7.37. The fourth-order valence-corrected chi connectivity index (χ4v) is 3.87. The van der Waals surface area contributed by atoms with Crippen LogP contribution in [0.2, 0.25) is 0 Å². The monoisotopic (exact) mass is 237 g/mol. The summed E-state index contributed by atoms with van der Waals surface area (Å²) < 4.78 is 0. The molecular weight excluding hydrogens is 210 g/mol. The Labute approximate surface area is 105 Å². The zero-order chi connectivity index (χ0) is 12.5. The normalized spacial score (nSPS) is 42.6. The second kappa shape index (κ2) is 5.09. The Hall–Kier alpha value is -0.370. The van der Waals surface area contributed by atoms with Crippen LogP contribution in [0.5, 0.6) is 0 Å². The van der Waals surface area contributed by atoms with E-state index in [1.165, 1.54) is 19.3 Å². The molecule has 2 nitrogen and oxygen atoms in total. The summed E-state index contributed by atoms with van der Waals surface area (Å²) >= 11 is 0. The first kappa shape index (κ1) is 13.1. The van der Waals surface area contributed by atoms with E-state index in [1.807, 2.05) is 0 Å². The van der Waals surface area contributed by atoms with Gasteiger partial charge in [-0.25, -0.2) is 0 Å². The molecule has 0 bridgehead atoms. The quantitative estimate of drug-likeness (QED) is 0.818. The van der Waals surface area contributed by atoms with Crippen molar-refractivity contribution in [3.63, 3.8) is 0 Å². The molecule has 2 aliphatic carbocycles. The van der Waals surface area contributed by atoms with Gasteiger partial charge in [-0.05, 0) is 31.6 Å². The molecule has 2 N–H and O–H groups in total. The fourth-order valence-electron chi connectivity index (χ4n) is 3.87. The molecule has 17 heavy (non-hydrogen) atoms. The summed E-state index contributed by atoms with van der Waals surface area (Å²) in [6, 6.07) is 0.108. The van der Waals surface area contributed by atoms with Crippen LogP contribution >= 0.6 is 0 Å². The van der Waals surface area contributed by atoms with Crippen molar-refractivity contribution >= 4 is 5.78 Å². The maximum Gasteiger partial charge on any atom is 0.143 e. The van der Waals surface area contributed by atoms with Crippen LogP contribution in [0.1, 0.15) is 65.2 Å². The van der Waals surface area contributed by atoms with Gasteiger partial charge in [0.05, 0.1) is 0 Å². The van der Waals surface area contributed by atoms with Crippen LogP contribution in [0.3, 0.4) is 0 Å². The summed E-state index contributed by atoms with van der Waals surface area (Å²) in [6.07, 6.45) is 9.20. The Kier molecular flexibility index (Phi) is 3.92. The Morgan fingerprint density at radius 2 is 2.06 bits per heavy atom. The molecule has 2 saturated carbocycles. The van der Waals surface area contributed by atoms with Crippen LogP contribution in [0.4, 0.5) is 0 Å². The van der Waals surface area contributed by atoms with Crippen molar-refractivity contribution < 1.29 is 4.79 Å². The summed E-state index contributed by atoms with van der Waals surface area (Å²) in [5.41, 5.74) is 5.96. The average Bonchev–Trinajstić information content (AvgIpc) is 2.70. The molecule has 0 aromatic carbocycles. The Morgan fingerprint density at radius 3 is 2.65 bits per heavy atom. The third kappa shape index (κ3) is 2.42. The predicted molar refractivity (Wildman–Crippen MR) is 70.7 cm³/mol. The van der Waals surface area contributed by atoms with Crippen molar-refractivity contribution in [1.82, 2.24) is 0 Å². The molecule has 2 heteroatoms. The summed E-state index contributed by atoms with van der Waals surface area (Å²) in [5, 5.41) is 0. The molecule has 0 spiro atoms. The van der Waals surface area contributed by atoms with Gasteiger partial charge in [-0.3, -0.25) is 4.79 Å². The van der Waals surface area contributed by atoms with Crippen molar-refractivity contribution in [3.8, 4) is 0 Å². The molecule has 4 atom stereocenters. The minimum Gasteiger partial charge on any atom is -0.327 e. The Morgan fingerprint density at radius 1 is 1.29 bits per heavy atom. The zero-order valence-corrected chi connectivity index (χ0v) is 11.4. The molecule has 0 amide bonds. The Balaban J connectivity index is 2.04. The summed E-state index contributed by atoms with van der Waals surface area (Å²) in [5.74, 6) is 1.57. The van der Waals surface area contributed by atoms with E-state index in [4.69, 9.17) is 5.73 Å². The van der Waals surface area contributed by atoms with Gasteiger partial charge in [0, 0.05) is 17.4 Å².